The molecule has 1 aromatic heterocycles. The lowest BCUT2D eigenvalue weighted by molar-refractivity contribution is 0.418. The van der Waals surface area contributed by atoms with Crippen molar-refractivity contribution in [3.8, 4) is 17.0 Å². The van der Waals surface area contributed by atoms with Crippen molar-refractivity contribution in [2.24, 2.45) is 7.05 Å². The molecule has 0 amide bonds. The molecular formula is C23H21NO3S. The quantitative estimate of drug-likeness (QED) is 0.492. The molecule has 0 atom stereocenters. The smallest absolute Gasteiger partial charge is 0.209 e. The van der Waals surface area contributed by atoms with Crippen molar-refractivity contribution < 1.29 is 13.2 Å². The van der Waals surface area contributed by atoms with Crippen LogP contribution in [0.25, 0.3) is 22.2 Å². The Labute approximate surface area is 164 Å². The first-order chi connectivity index (χ1) is 13.4. The second-order valence-electron chi connectivity index (χ2n) is 6.78. The maximum absolute atomic E-state index is 13.7. The Morgan fingerprint density at radius 3 is 2.18 bits per heavy atom. The van der Waals surface area contributed by atoms with Gasteiger partial charge in [-0.05, 0) is 30.7 Å². The molecule has 142 valence electrons. The third kappa shape index (κ3) is 2.79. The minimum absolute atomic E-state index is 0.283. The van der Waals surface area contributed by atoms with Gasteiger partial charge in [-0.25, -0.2) is 8.42 Å². The number of benzene rings is 3. The van der Waals surface area contributed by atoms with Crippen LogP contribution in [0.1, 0.15) is 5.56 Å². The molecule has 4 rings (SSSR count). The fraction of sp³-hybridized carbons (Fsp3) is 0.130. The number of para-hydroxylation sites is 1. The summed E-state index contributed by atoms with van der Waals surface area (Å²) in [5.41, 5.74) is 3.27. The zero-order chi connectivity index (χ0) is 19.9. The number of rotatable bonds is 4. The Bertz CT molecular complexity index is 1250. The molecule has 3 aromatic carbocycles. The summed E-state index contributed by atoms with van der Waals surface area (Å²) < 4.78 is 34.9. The maximum atomic E-state index is 13.7. The number of hydrogen-bond donors (Lipinski definition) is 0. The molecule has 0 aliphatic rings. The highest BCUT2D eigenvalue weighted by Crippen LogP contribution is 2.42. The predicted octanol–water partition coefficient (Wildman–Crippen LogP) is 5.00. The van der Waals surface area contributed by atoms with Crippen LogP contribution in [0, 0.1) is 6.92 Å². The van der Waals surface area contributed by atoms with Gasteiger partial charge in [-0.15, -0.1) is 0 Å². The molecule has 0 N–H and O–H groups in total. The Hall–Kier alpha value is -3.05. The van der Waals surface area contributed by atoms with Crippen LogP contribution in [-0.4, -0.2) is 20.1 Å². The first kappa shape index (κ1) is 18.3. The van der Waals surface area contributed by atoms with Crippen molar-refractivity contribution in [3.05, 3.63) is 78.4 Å². The summed E-state index contributed by atoms with van der Waals surface area (Å²) in [6, 6.07) is 22.1. The van der Waals surface area contributed by atoms with Gasteiger partial charge in [0.2, 0.25) is 9.84 Å². The fourth-order valence-corrected chi connectivity index (χ4v) is 5.33. The summed E-state index contributed by atoms with van der Waals surface area (Å²) >= 11 is 0. The number of nitrogens with zero attached hydrogens (tertiary/aromatic N) is 1. The molecule has 28 heavy (non-hydrogen) atoms. The summed E-state index contributed by atoms with van der Waals surface area (Å²) in [7, 11) is -0.270. The molecule has 0 bridgehead atoms. The molecule has 4 aromatic rings. The Morgan fingerprint density at radius 1 is 0.857 bits per heavy atom. The van der Waals surface area contributed by atoms with E-state index in [9.17, 15) is 8.42 Å². The second kappa shape index (κ2) is 6.84. The number of aryl methyl sites for hydroxylation is 2. The Kier molecular flexibility index (Phi) is 4.47. The van der Waals surface area contributed by atoms with Crippen LogP contribution in [0.2, 0.25) is 0 Å². The summed E-state index contributed by atoms with van der Waals surface area (Å²) in [6.45, 7) is 1.94. The fourth-order valence-electron chi connectivity index (χ4n) is 3.64. The lowest BCUT2D eigenvalue weighted by Gasteiger charge is -2.10. The molecule has 4 nitrogen and oxygen atoms in total. The average molecular weight is 391 g/mol. The molecule has 1 heterocycles. The molecular weight excluding hydrogens is 370 g/mol. The van der Waals surface area contributed by atoms with Gasteiger partial charge in [0, 0.05) is 12.4 Å². The standard InChI is InChI=1S/C23H21NO3S/c1-16-12-14-18(15-13-16)28(25,26)23-19-10-7-11-20(27-3)22(19)24(2)21(23)17-8-5-4-6-9-17/h4-15H,1-3H3. The third-order valence-corrected chi connectivity index (χ3v) is 6.84. The normalized spacial score (nSPS) is 11.7. The van der Waals surface area contributed by atoms with Gasteiger partial charge in [-0.3, -0.25) is 0 Å². The van der Waals surface area contributed by atoms with E-state index in [1.54, 1.807) is 19.2 Å². The summed E-state index contributed by atoms with van der Waals surface area (Å²) in [5.74, 6) is 0.641. The number of aromatic nitrogens is 1. The van der Waals surface area contributed by atoms with Crippen LogP contribution in [0.3, 0.4) is 0 Å². The van der Waals surface area contributed by atoms with E-state index in [0.717, 1.165) is 16.6 Å². The van der Waals surface area contributed by atoms with E-state index in [4.69, 9.17) is 4.74 Å². The number of ether oxygens (including phenoxy) is 1. The van der Waals surface area contributed by atoms with E-state index in [1.165, 1.54) is 0 Å². The molecule has 0 saturated carbocycles. The van der Waals surface area contributed by atoms with Gasteiger partial charge >= 0.3 is 0 Å². The SMILES string of the molecule is COc1cccc2c(S(=O)(=O)c3ccc(C)cc3)c(-c3ccccc3)n(C)c12. The van der Waals surface area contributed by atoms with Crippen molar-refractivity contribution >= 4 is 20.7 Å². The number of fused-ring (bicyclic) bond motifs is 1. The Morgan fingerprint density at radius 2 is 1.54 bits per heavy atom. The van der Waals surface area contributed by atoms with Crippen LogP contribution in [-0.2, 0) is 16.9 Å². The second-order valence-corrected chi connectivity index (χ2v) is 8.66. The van der Waals surface area contributed by atoms with E-state index in [-0.39, 0.29) is 4.90 Å². The van der Waals surface area contributed by atoms with Gasteiger partial charge in [0.15, 0.2) is 0 Å². The molecule has 0 fully saturated rings. The highest BCUT2D eigenvalue weighted by molar-refractivity contribution is 7.91. The molecule has 0 spiro atoms. The largest absolute Gasteiger partial charge is 0.495 e. The van der Waals surface area contributed by atoms with Crippen molar-refractivity contribution in [2.45, 2.75) is 16.7 Å². The zero-order valence-electron chi connectivity index (χ0n) is 16.0. The minimum Gasteiger partial charge on any atom is -0.495 e. The van der Waals surface area contributed by atoms with Crippen LogP contribution >= 0.6 is 0 Å². The van der Waals surface area contributed by atoms with Gasteiger partial charge in [0.1, 0.15) is 10.6 Å². The summed E-state index contributed by atoms with van der Waals surface area (Å²) in [6.07, 6.45) is 0. The Balaban J connectivity index is 2.14. The van der Waals surface area contributed by atoms with Crippen LogP contribution in [0.15, 0.2) is 82.6 Å². The van der Waals surface area contributed by atoms with E-state index < -0.39 is 9.84 Å². The minimum atomic E-state index is -3.74. The predicted molar refractivity (Wildman–Crippen MR) is 112 cm³/mol. The van der Waals surface area contributed by atoms with Gasteiger partial charge in [-0.1, -0.05) is 60.2 Å². The lowest BCUT2D eigenvalue weighted by atomic mass is 10.1. The topological polar surface area (TPSA) is 48.3 Å². The molecule has 0 saturated heterocycles. The highest BCUT2D eigenvalue weighted by atomic mass is 32.2. The molecule has 0 aliphatic heterocycles. The van der Waals surface area contributed by atoms with Gasteiger partial charge in [0.25, 0.3) is 0 Å². The monoisotopic (exact) mass is 391 g/mol. The summed E-state index contributed by atoms with van der Waals surface area (Å²) in [4.78, 5) is 0.588. The van der Waals surface area contributed by atoms with Gasteiger partial charge < -0.3 is 9.30 Å². The number of hydrogen-bond acceptors (Lipinski definition) is 3. The lowest BCUT2D eigenvalue weighted by Crippen LogP contribution is -2.04. The van der Waals surface area contributed by atoms with Gasteiger partial charge in [-0.2, -0.15) is 0 Å². The van der Waals surface area contributed by atoms with Gasteiger partial charge in [0.05, 0.1) is 23.2 Å². The first-order valence-corrected chi connectivity index (χ1v) is 10.5. The number of sulfone groups is 1. The van der Waals surface area contributed by atoms with E-state index in [1.807, 2.05) is 79.2 Å². The van der Waals surface area contributed by atoms with Crippen LogP contribution in [0.4, 0.5) is 0 Å². The molecule has 5 heteroatoms. The van der Waals surface area contributed by atoms with E-state index >= 15 is 0 Å². The van der Waals surface area contributed by atoms with Crippen LogP contribution in [0.5, 0.6) is 5.75 Å². The zero-order valence-corrected chi connectivity index (χ0v) is 16.8. The summed E-state index contributed by atoms with van der Waals surface area (Å²) in [5, 5.41) is 0.654. The van der Waals surface area contributed by atoms with Crippen molar-refractivity contribution in [1.82, 2.24) is 4.57 Å². The van der Waals surface area contributed by atoms with Crippen molar-refractivity contribution in [3.63, 3.8) is 0 Å². The number of methoxy groups -OCH3 is 1. The molecule has 0 unspecified atom stereocenters. The highest BCUT2D eigenvalue weighted by Gasteiger charge is 2.29. The van der Waals surface area contributed by atoms with E-state index in [2.05, 4.69) is 0 Å². The van der Waals surface area contributed by atoms with Crippen molar-refractivity contribution in [1.29, 1.82) is 0 Å². The maximum Gasteiger partial charge on any atom is 0.209 e. The van der Waals surface area contributed by atoms with E-state index in [0.29, 0.717) is 21.7 Å². The first-order valence-electron chi connectivity index (χ1n) is 8.97. The average Bonchev–Trinajstić information content (AvgIpc) is 3.02. The van der Waals surface area contributed by atoms with Crippen LogP contribution < -0.4 is 4.74 Å². The van der Waals surface area contributed by atoms with Crippen molar-refractivity contribution in [2.75, 3.05) is 7.11 Å². The molecule has 0 aliphatic carbocycles. The third-order valence-electron chi connectivity index (χ3n) is 5.00. The molecule has 0 radical (unpaired) electrons.